The maximum atomic E-state index is 13.7. The highest BCUT2D eigenvalue weighted by Crippen LogP contribution is 2.46. The fourth-order valence-corrected chi connectivity index (χ4v) is 5.28. The van der Waals surface area contributed by atoms with Gasteiger partial charge in [0.2, 0.25) is 0 Å². The van der Waals surface area contributed by atoms with Gasteiger partial charge in [0, 0.05) is 63.9 Å². The van der Waals surface area contributed by atoms with E-state index in [1.54, 1.807) is 23.1 Å². The number of hydrogen-bond acceptors (Lipinski definition) is 5. The summed E-state index contributed by atoms with van der Waals surface area (Å²) >= 11 is 3.37. The van der Waals surface area contributed by atoms with Crippen molar-refractivity contribution in [1.29, 1.82) is 0 Å². The molecule has 1 amide bonds. The van der Waals surface area contributed by atoms with Crippen molar-refractivity contribution in [2.75, 3.05) is 5.32 Å². The van der Waals surface area contributed by atoms with Gasteiger partial charge in [-0.3, -0.25) is 14.3 Å². The van der Waals surface area contributed by atoms with Crippen LogP contribution in [0.5, 0.6) is 0 Å². The number of ketones is 1. The molecule has 2 atom stereocenters. The monoisotopic (exact) mass is 531 g/mol. The predicted molar refractivity (Wildman–Crippen MR) is 138 cm³/mol. The van der Waals surface area contributed by atoms with E-state index in [-0.39, 0.29) is 17.6 Å². The van der Waals surface area contributed by atoms with Crippen molar-refractivity contribution in [3.8, 4) is 0 Å². The molecule has 3 heterocycles. The van der Waals surface area contributed by atoms with E-state index in [2.05, 4.69) is 48.8 Å². The quantitative estimate of drug-likeness (QED) is 0.500. The predicted octanol–water partition coefficient (Wildman–Crippen LogP) is 4.89. The fourth-order valence-electron chi connectivity index (χ4n) is 5.04. The molecule has 7 nitrogen and oxygen atoms in total. The van der Waals surface area contributed by atoms with E-state index in [0.29, 0.717) is 29.8 Å². The van der Waals surface area contributed by atoms with Crippen molar-refractivity contribution in [3.63, 3.8) is 0 Å². The van der Waals surface area contributed by atoms with Gasteiger partial charge in [-0.25, -0.2) is 4.98 Å². The van der Waals surface area contributed by atoms with Crippen molar-refractivity contribution >= 4 is 33.4 Å². The number of carbonyl (C=O) groups is 2. The fraction of sp³-hybridized carbons (Fsp3) is 0.259. The summed E-state index contributed by atoms with van der Waals surface area (Å²) < 4.78 is 2.60. The summed E-state index contributed by atoms with van der Waals surface area (Å²) in [6.07, 6.45) is 4.52. The topological polar surface area (TPSA) is 88.9 Å². The van der Waals surface area contributed by atoms with Gasteiger partial charge >= 0.3 is 0 Å². The Bertz CT molecular complexity index is 1370. The highest BCUT2D eigenvalue weighted by atomic mass is 79.9. The zero-order valence-corrected chi connectivity index (χ0v) is 21.4. The van der Waals surface area contributed by atoms with Crippen LogP contribution in [0.4, 0.5) is 5.82 Å². The van der Waals surface area contributed by atoms with Crippen LogP contribution in [0.1, 0.15) is 48.4 Å². The van der Waals surface area contributed by atoms with Crippen LogP contribution in [-0.4, -0.2) is 26.5 Å². The van der Waals surface area contributed by atoms with Crippen molar-refractivity contribution in [3.05, 3.63) is 98.7 Å². The summed E-state index contributed by atoms with van der Waals surface area (Å²) in [7, 11) is 1.87. The number of Topliss-reactive ketones (excluding diaryl/α,β-unsaturated/α-hetero) is 1. The minimum Gasteiger partial charge on any atom is -0.362 e. The van der Waals surface area contributed by atoms with Gasteiger partial charge in [-0.15, -0.1) is 0 Å². The summed E-state index contributed by atoms with van der Waals surface area (Å²) in [6.45, 7) is 3.86. The Labute approximate surface area is 212 Å². The third-order valence-corrected chi connectivity index (χ3v) is 7.37. The van der Waals surface area contributed by atoms with Gasteiger partial charge in [0.25, 0.3) is 5.91 Å². The number of pyridine rings is 1. The summed E-state index contributed by atoms with van der Waals surface area (Å²) in [6, 6.07) is 13.7. The zero-order valence-electron chi connectivity index (χ0n) is 19.8. The molecule has 8 heteroatoms. The van der Waals surface area contributed by atoms with Crippen LogP contribution in [-0.2, 0) is 16.6 Å². The molecule has 0 radical (unpaired) electrons. The molecule has 2 aliphatic rings. The standard InChI is InChI=1S/C27H26BrN5O2/c1-15-24(27(35)32-23-10-9-19(28)13-29-23)25(20-14-30-33(3)16(20)2)26-21(31-15)11-18(12-22(26)34)17-7-5-4-6-8-17/h4-10,13-14,18,25,31H,11-12H2,1-3H3,(H,29,32,35)/t18-,25+/m1/s1. The van der Waals surface area contributed by atoms with Gasteiger partial charge in [-0.1, -0.05) is 30.3 Å². The molecular formula is C27H26BrN5O2. The van der Waals surface area contributed by atoms with E-state index in [4.69, 9.17) is 0 Å². The summed E-state index contributed by atoms with van der Waals surface area (Å²) in [5.41, 5.74) is 5.72. The lowest BCUT2D eigenvalue weighted by atomic mass is 9.71. The van der Waals surface area contributed by atoms with Crippen LogP contribution < -0.4 is 10.6 Å². The molecule has 178 valence electrons. The number of dihydropyridines is 1. The van der Waals surface area contributed by atoms with E-state index in [0.717, 1.165) is 32.7 Å². The van der Waals surface area contributed by atoms with Gasteiger partial charge in [0.05, 0.1) is 6.20 Å². The molecule has 0 saturated carbocycles. The Morgan fingerprint density at radius 2 is 1.89 bits per heavy atom. The minimum absolute atomic E-state index is 0.0559. The Hall–Kier alpha value is -3.52. The lowest BCUT2D eigenvalue weighted by Crippen LogP contribution is -2.37. The Morgan fingerprint density at radius 3 is 2.54 bits per heavy atom. The molecule has 35 heavy (non-hydrogen) atoms. The van der Waals surface area contributed by atoms with E-state index >= 15 is 0 Å². The lowest BCUT2D eigenvalue weighted by molar-refractivity contribution is -0.116. The maximum Gasteiger partial charge on any atom is 0.255 e. The number of hydrogen-bond donors (Lipinski definition) is 2. The van der Waals surface area contributed by atoms with Crippen LogP contribution in [0.15, 0.2) is 81.9 Å². The Morgan fingerprint density at radius 1 is 1.11 bits per heavy atom. The number of anilines is 1. The minimum atomic E-state index is -0.500. The van der Waals surface area contributed by atoms with Crippen molar-refractivity contribution in [2.24, 2.45) is 7.05 Å². The lowest BCUT2D eigenvalue weighted by Gasteiger charge is -2.36. The van der Waals surface area contributed by atoms with Crippen LogP contribution in [0.2, 0.25) is 0 Å². The third kappa shape index (κ3) is 4.34. The molecular weight excluding hydrogens is 506 g/mol. The van der Waals surface area contributed by atoms with Crippen LogP contribution in [0, 0.1) is 6.92 Å². The molecule has 5 rings (SSSR count). The smallest absolute Gasteiger partial charge is 0.255 e. The molecule has 0 spiro atoms. The van der Waals surface area contributed by atoms with Gasteiger partial charge in [0.1, 0.15) is 5.82 Å². The first-order valence-corrected chi connectivity index (χ1v) is 12.3. The molecule has 0 unspecified atom stereocenters. The number of aryl methyl sites for hydroxylation is 1. The normalized spacial score (nSPS) is 19.9. The number of carbonyl (C=O) groups excluding carboxylic acids is 2. The number of nitrogens with one attached hydrogen (secondary N) is 2. The second kappa shape index (κ2) is 9.26. The average molecular weight is 532 g/mol. The maximum absolute atomic E-state index is 13.7. The summed E-state index contributed by atoms with van der Waals surface area (Å²) in [5, 5.41) is 10.8. The van der Waals surface area contributed by atoms with Crippen molar-refractivity contribution in [1.82, 2.24) is 20.1 Å². The first-order valence-electron chi connectivity index (χ1n) is 11.5. The van der Waals surface area contributed by atoms with Gasteiger partial charge in [0.15, 0.2) is 5.78 Å². The van der Waals surface area contributed by atoms with Gasteiger partial charge in [-0.2, -0.15) is 5.10 Å². The Balaban J connectivity index is 1.57. The van der Waals surface area contributed by atoms with E-state index in [9.17, 15) is 9.59 Å². The summed E-state index contributed by atoms with van der Waals surface area (Å²) in [4.78, 5) is 31.6. The zero-order chi connectivity index (χ0) is 24.7. The SMILES string of the molecule is CC1=C(C(=O)Nc2ccc(Br)cn2)[C@H](c2cnn(C)c2C)C2=C(C[C@@H](c3ccccc3)CC2=O)N1. The number of rotatable bonds is 4. The number of benzene rings is 1. The largest absolute Gasteiger partial charge is 0.362 e. The van der Waals surface area contributed by atoms with Crippen LogP contribution >= 0.6 is 15.9 Å². The molecule has 2 N–H and O–H groups in total. The molecule has 0 saturated heterocycles. The molecule has 3 aromatic rings. The number of amides is 1. The van der Waals surface area contributed by atoms with Gasteiger partial charge in [-0.05, 0) is 59.8 Å². The number of halogens is 1. The first-order chi connectivity index (χ1) is 16.8. The number of allylic oxidation sites excluding steroid dienone is 3. The molecule has 1 aliphatic heterocycles. The highest BCUT2D eigenvalue weighted by molar-refractivity contribution is 9.10. The van der Waals surface area contributed by atoms with Crippen molar-refractivity contribution in [2.45, 2.75) is 38.5 Å². The second-order valence-corrected chi connectivity index (χ2v) is 9.97. The van der Waals surface area contributed by atoms with Crippen LogP contribution in [0.3, 0.4) is 0 Å². The molecule has 2 aromatic heterocycles. The van der Waals surface area contributed by atoms with E-state index in [1.165, 1.54) is 0 Å². The van der Waals surface area contributed by atoms with Crippen molar-refractivity contribution < 1.29 is 9.59 Å². The first kappa shape index (κ1) is 23.2. The molecule has 0 fully saturated rings. The number of nitrogens with zero attached hydrogens (tertiary/aromatic N) is 3. The van der Waals surface area contributed by atoms with E-state index in [1.807, 2.05) is 45.2 Å². The second-order valence-electron chi connectivity index (χ2n) is 9.05. The average Bonchev–Trinajstić information content (AvgIpc) is 3.17. The highest BCUT2D eigenvalue weighted by Gasteiger charge is 2.42. The van der Waals surface area contributed by atoms with Crippen LogP contribution in [0.25, 0.3) is 0 Å². The molecule has 0 bridgehead atoms. The molecule has 1 aromatic carbocycles. The summed E-state index contributed by atoms with van der Waals surface area (Å²) in [5.74, 6) is -0.192. The number of aromatic nitrogens is 3. The third-order valence-electron chi connectivity index (χ3n) is 6.90. The van der Waals surface area contributed by atoms with Gasteiger partial charge < -0.3 is 10.6 Å². The van der Waals surface area contributed by atoms with E-state index < -0.39 is 5.92 Å². The molecule has 1 aliphatic carbocycles. The Kier molecular flexibility index (Phi) is 6.15.